The number of anilines is 1. The van der Waals surface area contributed by atoms with Crippen LogP contribution >= 0.6 is 11.3 Å². The summed E-state index contributed by atoms with van der Waals surface area (Å²) >= 11 is 1.82. The number of carbonyl (C=O) groups excluding carboxylic acids is 1. The third-order valence-electron chi connectivity index (χ3n) is 4.92. The number of thiophene rings is 1. The smallest absolute Gasteiger partial charge is 0.251 e. The van der Waals surface area contributed by atoms with Gasteiger partial charge in [-0.3, -0.25) is 4.79 Å². The predicted octanol–water partition coefficient (Wildman–Crippen LogP) is 3.97. The fraction of sp³-hybridized carbons (Fsp3) is 0.381. The van der Waals surface area contributed by atoms with Crippen LogP contribution in [0.25, 0.3) is 10.2 Å². The average molecular weight is 381 g/mol. The van der Waals surface area contributed by atoms with Gasteiger partial charge < -0.3 is 10.6 Å². The maximum atomic E-state index is 12.2. The molecule has 140 valence electrons. The molecule has 3 aromatic rings. The summed E-state index contributed by atoms with van der Waals surface area (Å²) in [6.45, 7) is 3.27. The lowest BCUT2D eigenvalue weighted by atomic mass is 9.97. The molecule has 0 radical (unpaired) electrons. The summed E-state index contributed by atoms with van der Waals surface area (Å²) < 4.78 is 0. The zero-order valence-electron chi connectivity index (χ0n) is 15.5. The second kappa shape index (κ2) is 8.05. The molecule has 1 aliphatic carbocycles. The Bertz CT molecular complexity index is 952. The van der Waals surface area contributed by atoms with E-state index in [0.29, 0.717) is 18.7 Å². The highest BCUT2D eigenvalue weighted by molar-refractivity contribution is 7.19. The lowest BCUT2D eigenvalue weighted by molar-refractivity contribution is 0.0955. The molecule has 2 N–H and O–H groups in total. The van der Waals surface area contributed by atoms with E-state index in [4.69, 9.17) is 9.97 Å². The van der Waals surface area contributed by atoms with Gasteiger partial charge >= 0.3 is 0 Å². The summed E-state index contributed by atoms with van der Waals surface area (Å²) in [6.07, 6.45) is 5.59. The van der Waals surface area contributed by atoms with E-state index in [1.54, 1.807) is 0 Å². The number of aromatic nitrogens is 2. The molecule has 0 aliphatic heterocycles. The highest BCUT2D eigenvalue weighted by Gasteiger charge is 2.20. The number of nitrogens with one attached hydrogen (secondary N) is 2. The molecule has 2 heterocycles. The van der Waals surface area contributed by atoms with Crippen LogP contribution in [0.5, 0.6) is 0 Å². The van der Waals surface area contributed by atoms with Gasteiger partial charge in [-0.25, -0.2) is 9.97 Å². The van der Waals surface area contributed by atoms with Crippen LogP contribution in [0.1, 0.15) is 46.4 Å². The second-order valence-electron chi connectivity index (χ2n) is 6.78. The maximum Gasteiger partial charge on any atom is 0.251 e. The second-order valence-corrected chi connectivity index (χ2v) is 7.87. The molecule has 27 heavy (non-hydrogen) atoms. The first-order valence-corrected chi connectivity index (χ1v) is 10.5. The van der Waals surface area contributed by atoms with E-state index in [0.717, 1.165) is 35.7 Å². The zero-order valence-corrected chi connectivity index (χ0v) is 16.4. The number of amides is 1. The molecule has 0 bridgehead atoms. The van der Waals surface area contributed by atoms with Gasteiger partial charge in [-0.1, -0.05) is 25.1 Å². The van der Waals surface area contributed by atoms with E-state index >= 15 is 0 Å². The van der Waals surface area contributed by atoms with E-state index in [-0.39, 0.29) is 5.91 Å². The van der Waals surface area contributed by atoms with E-state index < -0.39 is 0 Å². The van der Waals surface area contributed by atoms with Gasteiger partial charge in [0.25, 0.3) is 5.91 Å². The highest BCUT2D eigenvalue weighted by Crippen LogP contribution is 2.38. The molecule has 6 heteroatoms. The first-order chi connectivity index (χ1) is 13.3. The van der Waals surface area contributed by atoms with E-state index in [2.05, 4.69) is 17.6 Å². The van der Waals surface area contributed by atoms with Crippen molar-refractivity contribution in [2.75, 3.05) is 18.4 Å². The molecule has 0 saturated carbocycles. The van der Waals surface area contributed by atoms with Gasteiger partial charge in [-0.15, -0.1) is 11.3 Å². The molecule has 0 saturated heterocycles. The summed E-state index contributed by atoms with van der Waals surface area (Å²) in [6, 6.07) is 9.29. The largest absolute Gasteiger partial charge is 0.368 e. The number of benzene rings is 1. The normalized spacial score (nSPS) is 13.4. The minimum Gasteiger partial charge on any atom is -0.368 e. The lowest BCUT2D eigenvalue weighted by Gasteiger charge is -2.13. The van der Waals surface area contributed by atoms with Crippen LogP contribution in [0.3, 0.4) is 0 Å². The Labute approximate surface area is 163 Å². The van der Waals surface area contributed by atoms with Crippen molar-refractivity contribution in [2.45, 2.75) is 39.0 Å². The first kappa shape index (κ1) is 17.9. The number of carbonyl (C=O) groups is 1. The molecule has 1 aromatic carbocycles. The van der Waals surface area contributed by atoms with Crippen LogP contribution in [0.4, 0.5) is 5.82 Å². The van der Waals surface area contributed by atoms with Crippen molar-refractivity contribution in [1.29, 1.82) is 0 Å². The minimum atomic E-state index is -0.0487. The van der Waals surface area contributed by atoms with E-state index in [1.165, 1.54) is 28.7 Å². The summed E-state index contributed by atoms with van der Waals surface area (Å²) in [5.74, 6) is 1.74. The first-order valence-electron chi connectivity index (χ1n) is 9.64. The Morgan fingerprint density at radius 3 is 2.74 bits per heavy atom. The number of aryl methyl sites for hydroxylation is 3. The topological polar surface area (TPSA) is 66.9 Å². The van der Waals surface area contributed by atoms with Gasteiger partial charge in [0, 0.05) is 30.0 Å². The number of rotatable bonds is 6. The number of hydrogen-bond acceptors (Lipinski definition) is 5. The van der Waals surface area contributed by atoms with Crippen molar-refractivity contribution in [2.24, 2.45) is 0 Å². The molecule has 5 nitrogen and oxygen atoms in total. The Morgan fingerprint density at radius 2 is 1.93 bits per heavy atom. The van der Waals surface area contributed by atoms with Crippen LogP contribution < -0.4 is 10.6 Å². The van der Waals surface area contributed by atoms with Crippen molar-refractivity contribution in [3.05, 3.63) is 52.2 Å². The van der Waals surface area contributed by atoms with Crippen molar-refractivity contribution in [3.63, 3.8) is 0 Å². The fourth-order valence-electron chi connectivity index (χ4n) is 3.54. The highest BCUT2D eigenvalue weighted by atomic mass is 32.1. The predicted molar refractivity (Wildman–Crippen MR) is 111 cm³/mol. The van der Waals surface area contributed by atoms with Crippen LogP contribution in [-0.2, 0) is 19.3 Å². The van der Waals surface area contributed by atoms with E-state index in [9.17, 15) is 4.79 Å². The third-order valence-corrected chi connectivity index (χ3v) is 6.10. The summed E-state index contributed by atoms with van der Waals surface area (Å²) in [7, 11) is 0. The Hall–Kier alpha value is -2.47. The van der Waals surface area contributed by atoms with Crippen molar-refractivity contribution >= 4 is 33.3 Å². The van der Waals surface area contributed by atoms with Gasteiger partial charge in [-0.2, -0.15) is 0 Å². The SMILES string of the molecule is CCc1nc(NCCNC(=O)c2ccccc2)c2c3c(sc2n1)CCCC3. The number of hydrogen-bond donors (Lipinski definition) is 2. The zero-order chi connectivity index (χ0) is 18.6. The fourth-order valence-corrected chi connectivity index (χ4v) is 4.82. The van der Waals surface area contributed by atoms with Crippen molar-refractivity contribution in [1.82, 2.24) is 15.3 Å². The van der Waals surface area contributed by atoms with Crippen LogP contribution in [0, 0.1) is 0 Å². The van der Waals surface area contributed by atoms with Crippen molar-refractivity contribution in [3.8, 4) is 0 Å². The van der Waals surface area contributed by atoms with Crippen molar-refractivity contribution < 1.29 is 4.79 Å². The molecule has 0 unspecified atom stereocenters. The summed E-state index contributed by atoms with van der Waals surface area (Å²) in [4.78, 5) is 24.2. The third kappa shape index (κ3) is 3.81. The Balaban J connectivity index is 1.48. The number of fused-ring (bicyclic) bond motifs is 3. The summed E-state index contributed by atoms with van der Waals surface area (Å²) in [5, 5.41) is 7.60. The van der Waals surface area contributed by atoms with Crippen LogP contribution in [-0.4, -0.2) is 29.0 Å². The standard InChI is InChI=1S/C21H24N4OS/c1-2-17-24-19(18-15-10-6-7-11-16(15)27-21(18)25-17)22-12-13-23-20(26)14-8-4-3-5-9-14/h3-5,8-9H,2,6-7,10-13H2,1H3,(H,23,26)(H,22,24,25). The summed E-state index contributed by atoms with van der Waals surface area (Å²) in [5.41, 5.74) is 2.11. The Kier molecular flexibility index (Phi) is 5.34. The number of nitrogens with zero attached hydrogens (tertiary/aromatic N) is 2. The maximum absolute atomic E-state index is 12.2. The minimum absolute atomic E-state index is 0.0487. The Morgan fingerprint density at radius 1 is 1.11 bits per heavy atom. The molecule has 0 spiro atoms. The van der Waals surface area contributed by atoms with Crippen LogP contribution in [0.15, 0.2) is 30.3 Å². The van der Waals surface area contributed by atoms with Gasteiger partial charge in [-0.05, 0) is 43.4 Å². The molecular weight excluding hydrogens is 356 g/mol. The molecule has 4 rings (SSSR count). The molecule has 0 atom stereocenters. The van der Waals surface area contributed by atoms with Gasteiger partial charge in [0.1, 0.15) is 16.5 Å². The van der Waals surface area contributed by atoms with Gasteiger partial charge in [0.05, 0.1) is 5.39 Å². The molecule has 1 aliphatic rings. The lowest BCUT2D eigenvalue weighted by Crippen LogP contribution is -2.29. The quantitative estimate of drug-likeness (QED) is 0.635. The van der Waals surface area contributed by atoms with E-state index in [1.807, 2.05) is 41.7 Å². The van der Waals surface area contributed by atoms with Gasteiger partial charge in [0.15, 0.2) is 0 Å². The average Bonchev–Trinajstić information content (AvgIpc) is 3.10. The van der Waals surface area contributed by atoms with Crippen LogP contribution in [0.2, 0.25) is 0 Å². The van der Waals surface area contributed by atoms with Gasteiger partial charge in [0.2, 0.25) is 0 Å². The molecular formula is C21H24N4OS. The molecule has 2 aromatic heterocycles. The monoisotopic (exact) mass is 380 g/mol. The molecule has 0 fully saturated rings. The molecule has 1 amide bonds.